The molecule has 3 rings (SSSR count). The Morgan fingerprint density at radius 2 is 1.83 bits per heavy atom. The van der Waals surface area contributed by atoms with Crippen molar-refractivity contribution in [2.75, 3.05) is 71.5 Å². The number of halogens is 2. The van der Waals surface area contributed by atoms with Crippen LogP contribution >= 0.6 is 35.6 Å². The van der Waals surface area contributed by atoms with Gasteiger partial charge in [-0.25, -0.2) is 0 Å². The van der Waals surface area contributed by atoms with Crippen LogP contribution in [0.15, 0.2) is 29.3 Å². The highest BCUT2D eigenvalue weighted by Crippen LogP contribution is 2.27. The molecule has 6 nitrogen and oxygen atoms in total. The molecule has 0 saturated carbocycles. The number of hydrogen-bond donors (Lipinski definition) is 1. The van der Waals surface area contributed by atoms with E-state index in [9.17, 15) is 0 Å². The molecule has 164 valence electrons. The van der Waals surface area contributed by atoms with Crippen LogP contribution in [0.3, 0.4) is 0 Å². The molecule has 0 atom stereocenters. The van der Waals surface area contributed by atoms with Crippen LogP contribution in [0.1, 0.15) is 19.8 Å². The van der Waals surface area contributed by atoms with Crippen molar-refractivity contribution in [2.45, 2.75) is 25.3 Å². The summed E-state index contributed by atoms with van der Waals surface area (Å²) >= 11 is 6.38. The number of guanidine groups is 1. The van der Waals surface area contributed by atoms with Gasteiger partial charge in [0.2, 0.25) is 0 Å². The topological polar surface area (TPSA) is 43.3 Å². The lowest BCUT2D eigenvalue weighted by Gasteiger charge is -2.42. The molecule has 0 spiro atoms. The molecule has 2 saturated heterocycles. The number of nitrogens with one attached hydrogen (secondary N) is 1. The second-order valence-electron chi connectivity index (χ2n) is 7.83. The number of ether oxygens (including phenoxy) is 1. The zero-order chi connectivity index (χ0) is 20.0. The highest BCUT2D eigenvalue weighted by atomic mass is 127. The number of likely N-dealkylation sites (N-methyl/N-ethyl adjacent to an activating group) is 1. The van der Waals surface area contributed by atoms with Gasteiger partial charge in [0.05, 0.1) is 17.3 Å². The van der Waals surface area contributed by atoms with Crippen molar-refractivity contribution >= 4 is 47.2 Å². The van der Waals surface area contributed by atoms with Gasteiger partial charge in [0.25, 0.3) is 0 Å². The number of rotatable bonds is 5. The Bertz CT molecular complexity index is 658. The molecule has 0 aromatic heterocycles. The van der Waals surface area contributed by atoms with Crippen molar-refractivity contribution in [3.8, 4) is 0 Å². The van der Waals surface area contributed by atoms with E-state index in [1.807, 2.05) is 18.2 Å². The van der Waals surface area contributed by atoms with Gasteiger partial charge in [-0.3, -0.25) is 4.99 Å². The molecule has 29 heavy (non-hydrogen) atoms. The molecule has 1 N–H and O–H groups in total. The van der Waals surface area contributed by atoms with Gasteiger partial charge in [0.15, 0.2) is 5.96 Å². The Balaban J connectivity index is 0.00000300. The van der Waals surface area contributed by atoms with Crippen molar-refractivity contribution < 1.29 is 4.74 Å². The minimum absolute atomic E-state index is 0. The molecule has 2 heterocycles. The standard InChI is InChI=1S/C21H34ClN5O.HI/c1-4-23-20(24-17-21(25(2)3)9-15-28-16-10-21)27-13-11-26(12-14-27)19-8-6-5-7-18(19)22;/h5-8H,4,9-17H2,1-3H3,(H,23,24);1H. The minimum Gasteiger partial charge on any atom is -0.381 e. The van der Waals surface area contributed by atoms with Crippen molar-refractivity contribution in [3.63, 3.8) is 0 Å². The van der Waals surface area contributed by atoms with E-state index in [-0.39, 0.29) is 29.5 Å². The molecule has 0 amide bonds. The van der Waals surface area contributed by atoms with E-state index in [2.05, 4.69) is 47.1 Å². The summed E-state index contributed by atoms with van der Waals surface area (Å²) in [5.41, 5.74) is 1.22. The van der Waals surface area contributed by atoms with Crippen molar-refractivity contribution in [2.24, 2.45) is 4.99 Å². The number of para-hydroxylation sites is 1. The molecule has 2 aliphatic rings. The van der Waals surface area contributed by atoms with Gasteiger partial charge in [-0.15, -0.1) is 24.0 Å². The van der Waals surface area contributed by atoms with Gasteiger partial charge in [-0.1, -0.05) is 23.7 Å². The number of aliphatic imine (C=N–C) groups is 1. The summed E-state index contributed by atoms with van der Waals surface area (Å²) < 4.78 is 5.59. The first-order chi connectivity index (χ1) is 13.6. The van der Waals surface area contributed by atoms with E-state index >= 15 is 0 Å². The summed E-state index contributed by atoms with van der Waals surface area (Å²) in [6, 6.07) is 8.09. The normalized spacial score (nSPS) is 19.8. The zero-order valence-electron chi connectivity index (χ0n) is 17.9. The minimum atomic E-state index is 0. The molecule has 1 aromatic rings. The number of benzene rings is 1. The summed E-state index contributed by atoms with van der Waals surface area (Å²) in [4.78, 5) is 12.1. The largest absolute Gasteiger partial charge is 0.381 e. The van der Waals surface area contributed by atoms with Crippen LogP contribution in [-0.4, -0.2) is 87.9 Å². The smallest absolute Gasteiger partial charge is 0.194 e. The quantitative estimate of drug-likeness (QED) is 0.357. The van der Waals surface area contributed by atoms with Crippen LogP contribution in [0.4, 0.5) is 5.69 Å². The molecular formula is C21H35ClIN5O. The Morgan fingerprint density at radius 1 is 1.17 bits per heavy atom. The monoisotopic (exact) mass is 535 g/mol. The Kier molecular flexibility index (Phi) is 9.78. The van der Waals surface area contributed by atoms with Crippen LogP contribution in [0.25, 0.3) is 0 Å². The Morgan fingerprint density at radius 3 is 2.41 bits per heavy atom. The average Bonchev–Trinajstić information content (AvgIpc) is 2.72. The van der Waals surface area contributed by atoms with Crippen LogP contribution in [0.2, 0.25) is 5.02 Å². The van der Waals surface area contributed by atoms with E-state index in [4.69, 9.17) is 21.3 Å². The lowest BCUT2D eigenvalue weighted by molar-refractivity contribution is -0.00264. The molecule has 0 bridgehead atoms. The van der Waals surface area contributed by atoms with Crippen LogP contribution < -0.4 is 10.2 Å². The van der Waals surface area contributed by atoms with E-state index in [0.29, 0.717) is 0 Å². The fraction of sp³-hybridized carbons (Fsp3) is 0.667. The third-order valence-corrected chi connectivity index (χ3v) is 6.32. The van der Waals surface area contributed by atoms with Gasteiger partial charge in [0, 0.05) is 51.5 Å². The van der Waals surface area contributed by atoms with E-state index in [1.54, 1.807) is 0 Å². The second kappa shape index (κ2) is 11.6. The van der Waals surface area contributed by atoms with Gasteiger partial charge in [-0.05, 0) is 46.0 Å². The van der Waals surface area contributed by atoms with Crippen molar-refractivity contribution in [3.05, 3.63) is 29.3 Å². The van der Waals surface area contributed by atoms with Gasteiger partial charge >= 0.3 is 0 Å². The summed E-state index contributed by atoms with van der Waals surface area (Å²) in [6.07, 6.45) is 2.06. The maximum atomic E-state index is 6.38. The first-order valence-electron chi connectivity index (χ1n) is 10.3. The number of piperazine rings is 1. The number of anilines is 1. The molecule has 1 aromatic carbocycles. The number of nitrogens with zero attached hydrogens (tertiary/aromatic N) is 4. The summed E-state index contributed by atoms with van der Waals surface area (Å²) in [6.45, 7) is 9.22. The van der Waals surface area contributed by atoms with Crippen molar-refractivity contribution in [1.29, 1.82) is 0 Å². The summed E-state index contributed by atoms with van der Waals surface area (Å²) in [7, 11) is 4.33. The molecule has 2 aliphatic heterocycles. The third kappa shape index (κ3) is 6.12. The first kappa shape index (κ1) is 24.5. The lowest BCUT2D eigenvalue weighted by Crippen LogP contribution is -2.54. The molecule has 0 aliphatic carbocycles. The Labute approximate surface area is 197 Å². The zero-order valence-corrected chi connectivity index (χ0v) is 21.0. The lowest BCUT2D eigenvalue weighted by atomic mass is 9.89. The van der Waals surface area contributed by atoms with Crippen LogP contribution in [0, 0.1) is 0 Å². The van der Waals surface area contributed by atoms with Crippen LogP contribution in [0.5, 0.6) is 0 Å². The van der Waals surface area contributed by atoms with Crippen molar-refractivity contribution in [1.82, 2.24) is 15.1 Å². The molecule has 0 radical (unpaired) electrons. The predicted octanol–water partition coefficient (Wildman–Crippen LogP) is 3.16. The maximum Gasteiger partial charge on any atom is 0.194 e. The Hall–Kier alpha value is -0.770. The molecule has 8 heteroatoms. The highest BCUT2D eigenvalue weighted by Gasteiger charge is 2.35. The summed E-state index contributed by atoms with van der Waals surface area (Å²) in [5.74, 6) is 1.02. The molecule has 2 fully saturated rings. The molecular weight excluding hydrogens is 501 g/mol. The third-order valence-electron chi connectivity index (χ3n) is 6.00. The van der Waals surface area contributed by atoms with E-state index < -0.39 is 0 Å². The fourth-order valence-corrected chi connectivity index (χ4v) is 4.27. The number of hydrogen-bond acceptors (Lipinski definition) is 4. The van der Waals surface area contributed by atoms with E-state index in [1.165, 1.54) is 0 Å². The van der Waals surface area contributed by atoms with Gasteiger partial charge < -0.3 is 24.8 Å². The summed E-state index contributed by atoms with van der Waals surface area (Å²) in [5, 5.41) is 4.32. The fourth-order valence-electron chi connectivity index (χ4n) is 4.01. The predicted molar refractivity (Wildman–Crippen MR) is 133 cm³/mol. The average molecular weight is 536 g/mol. The highest BCUT2D eigenvalue weighted by molar-refractivity contribution is 14.0. The van der Waals surface area contributed by atoms with Gasteiger partial charge in [-0.2, -0.15) is 0 Å². The molecule has 0 unspecified atom stereocenters. The van der Waals surface area contributed by atoms with Gasteiger partial charge in [0.1, 0.15) is 0 Å². The maximum absolute atomic E-state index is 6.38. The second-order valence-corrected chi connectivity index (χ2v) is 8.23. The SMILES string of the molecule is CCNC(=NCC1(N(C)C)CCOCC1)N1CCN(c2ccccc2Cl)CC1.I. The van der Waals surface area contributed by atoms with Crippen LogP contribution in [-0.2, 0) is 4.74 Å². The van der Waals surface area contributed by atoms with E-state index in [0.717, 1.165) is 82.0 Å². The first-order valence-corrected chi connectivity index (χ1v) is 10.7.